The summed E-state index contributed by atoms with van der Waals surface area (Å²) >= 11 is 0. The van der Waals surface area contributed by atoms with Crippen LogP contribution >= 0.6 is 0 Å². The molecule has 22 heavy (non-hydrogen) atoms. The molecule has 1 rings (SSSR count). The molecular formula is C15H18F3NO3. The van der Waals surface area contributed by atoms with Gasteiger partial charge in [0.05, 0.1) is 12.7 Å². The highest BCUT2D eigenvalue weighted by Crippen LogP contribution is 2.32. The van der Waals surface area contributed by atoms with Gasteiger partial charge in [0, 0.05) is 12.3 Å². The third-order valence-electron chi connectivity index (χ3n) is 3.07. The molecule has 0 aliphatic rings. The first-order valence-corrected chi connectivity index (χ1v) is 6.70. The van der Waals surface area contributed by atoms with Gasteiger partial charge in [0.1, 0.15) is 6.04 Å². The molecule has 4 nitrogen and oxygen atoms in total. The van der Waals surface area contributed by atoms with Crippen LogP contribution in [0.15, 0.2) is 24.3 Å². The van der Waals surface area contributed by atoms with E-state index in [0.717, 1.165) is 13.2 Å². The highest BCUT2D eigenvalue weighted by atomic mass is 19.4. The zero-order chi connectivity index (χ0) is 16.9. The molecule has 0 fully saturated rings. The van der Waals surface area contributed by atoms with Gasteiger partial charge in [-0.2, -0.15) is 13.2 Å². The summed E-state index contributed by atoms with van der Waals surface area (Å²) in [4.78, 5) is 23.4. The van der Waals surface area contributed by atoms with Crippen molar-refractivity contribution in [1.82, 2.24) is 5.32 Å². The maximum absolute atomic E-state index is 13.0. The van der Waals surface area contributed by atoms with Crippen molar-refractivity contribution >= 4 is 11.9 Å². The molecule has 0 heterocycles. The zero-order valence-corrected chi connectivity index (χ0v) is 12.5. The number of ether oxygens (including phenoxy) is 1. The fourth-order valence-corrected chi connectivity index (χ4v) is 1.87. The van der Waals surface area contributed by atoms with Gasteiger partial charge in [-0.15, -0.1) is 0 Å². The van der Waals surface area contributed by atoms with Crippen molar-refractivity contribution in [2.24, 2.45) is 5.92 Å². The summed E-state index contributed by atoms with van der Waals surface area (Å²) in [6.45, 7) is 3.24. The Morgan fingerprint density at radius 3 is 2.32 bits per heavy atom. The summed E-state index contributed by atoms with van der Waals surface area (Å²) in [5, 5.41) is 2.41. The molecule has 0 aromatic heterocycles. The highest BCUT2D eigenvalue weighted by molar-refractivity contribution is 5.85. The largest absolute Gasteiger partial charge is 0.467 e. The average molecular weight is 317 g/mol. The number of esters is 1. The number of hydrogen-bond donors (Lipinski definition) is 1. The number of nitrogens with one attached hydrogen (secondary N) is 1. The molecule has 0 aliphatic carbocycles. The molecule has 0 radical (unpaired) electrons. The van der Waals surface area contributed by atoms with E-state index in [9.17, 15) is 22.8 Å². The lowest BCUT2D eigenvalue weighted by Crippen LogP contribution is -2.44. The average Bonchev–Trinajstić information content (AvgIpc) is 2.44. The Kier molecular flexibility index (Phi) is 5.96. The minimum Gasteiger partial charge on any atom is -0.467 e. The van der Waals surface area contributed by atoms with Crippen LogP contribution in [0.5, 0.6) is 0 Å². The maximum atomic E-state index is 13.0. The van der Waals surface area contributed by atoms with E-state index in [1.165, 1.54) is 18.2 Å². The van der Waals surface area contributed by atoms with Crippen molar-refractivity contribution in [3.63, 3.8) is 0 Å². The molecular weight excluding hydrogens is 299 g/mol. The van der Waals surface area contributed by atoms with Crippen LogP contribution in [0.25, 0.3) is 0 Å². The van der Waals surface area contributed by atoms with Gasteiger partial charge in [0.2, 0.25) is 5.91 Å². The molecule has 0 spiro atoms. The predicted octanol–water partition coefficient (Wildman–Crippen LogP) is 2.56. The fourth-order valence-electron chi connectivity index (χ4n) is 1.87. The molecule has 7 heteroatoms. The molecule has 1 amide bonds. The van der Waals surface area contributed by atoms with E-state index in [2.05, 4.69) is 10.1 Å². The van der Waals surface area contributed by atoms with E-state index in [4.69, 9.17) is 0 Å². The molecule has 0 saturated carbocycles. The van der Waals surface area contributed by atoms with E-state index in [1.807, 2.05) is 0 Å². The number of halogens is 3. The lowest BCUT2D eigenvalue weighted by atomic mass is 9.99. The fraction of sp³-hybridized carbons (Fsp3) is 0.467. The van der Waals surface area contributed by atoms with E-state index < -0.39 is 35.6 Å². The van der Waals surface area contributed by atoms with E-state index in [-0.39, 0.29) is 12.0 Å². The Balaban J connectivity index is 3.05. The summed E-state index contributed by atoms with van der Waals surface area (Å²) in [7, 11) is 1.12. The normalized spacial score (nSPS) is 12.9. The molecule has 0 bridgehead atoms. The Hall–Kier alpha value is -2.05. The number of carbonyl (C=O) groups is 2. The summed E-state index contributed by atoms with van der Waals surface area (Å²) in [5.74, 6) is -1.61. The van der Waals surface area contributed by atoms with Crippen LogP contribution in [0.1, 0.15) is 25.0 Å². The van der Waals surface area contributed by atoms with E-state index >= 15 is 0 Å². The van der Waals surface area contributed by atoms with Crippen LogP contribution in [0, 0.1) is 5.92 Å². The van der Waals surface area contributed by atoms with Gasteiger partial charge in [-0.1, -0.05) is 32.0 Å². The number of amides is 1. The van der Waals surface area contributed by atoms with Gasteiger partial charge in [-0.3, -0.25) is 4.79 Å². The van der Waals surface area contributed by atoms with Crippen LogP contribution in [0.2, 0.25) is 0 Å². The third kappa shape index (κ3) is 4.75. The second-order valence-corrected chi connectivity index (χ2v) is 5.10. The molecule has 1 atom stereocenters. The molecule has 122 valence electrons. The smallest absolute Gasteiger partial charge is 0.416 e. The first kappa shape index (κ1) is 18.0. The van der Waals surface area contributed by atoms with Crippen molar-refractivity contribution in [3.8, 4) is 0 Å². The van der Waals surface area contributed by atoms with E-state index in [1.54, 1.807) is 13.8 Å². The molecule has 1 N–H and O–H groups in total. The summed E-state index contributed by atoms with van der Waals surface area (Å²) in [6.07, 6.45) is -4.82. The second-order valence-electron chi connectivity index (χ2n) is 5.10. The SMILES string of the molecule is COC(=O)[C@@H](Cc1ccccc1C(F)(F)F)NC(=O)C(C)C. The van der Waals surface area contributed by atoms with Crippen molar-refractivity contribution < 1.29 is 27.5 Å². The number of carbonyl (C=O) groups excluding carboxylic acids is 2. The molecule has 1 aromatic rings. The second kappa shape index (κ2) is 7.29. The summed E-state index contributed by atoms with van der Waals surface area (Å²) in [6, 6.07) is 3.77. The van der Waals surface area contributed by atoms with Crippen molar-refractivity contribution in [1.29, 1.82) is 0 Å². The van der Waals surface area contributed by atoms with Gasteiger partial charge in [0.15, 0.2) is 0 Å². The summed E-state index contributed by atoms with van der Waals surface area (Å²) < 4.78 is 43.5. The lowest BCUT2D eigenvalue weighted by Gasteiger charge is -2.20. The Labute approximate surface area is 126 Å². The molecule has 0 aliphatic heterocycles. The quantitative estimate of drug-likeness (QED) is 0.849. The van der Waals surface area contributed by atoms with Crippen LogP contribution in [0.4, 0.5) is 13.2 Å². The van der Waals surface area contributed by atoms with Crippen molar-refractivity contribution in [2.45, 2.75) is 32.5 Å². The maximum Gasteiger partial charge on any atom is 0.416 e. The first-order chi connectivity index (χ1) is 10.2. The van der Waals surface area contributed by atoms with Crippen molar-refractivity contribution in [3.05, 3.63) is 35.4 Å². The van der Waals surface area contributed by atoms with Crippen molar-refractivity contribution in [2.75, 3.05) is 7.11 Å². The van der Waals surface area contributed by atoms with Gasteiger partial charge < -0.3 is 10.1 Å². The molecule has 1 aromatic carbocycles. The summed E-state index contributed by atoms with van der Waals surface area (Å²) in [5.41, 5.74) is -0.905. The van der Waals surface area contributed by atoms with Gasteiger partial charge in [-0.05, 0) is 11.6 Å². The number of alkyl halides is 3. The highest BCUT2D eigenvalue weighted by Gasteiger charge is 2.34. The molecule has 0 unspecified atom stereocenters. The van der Waals surface area contributed by atoms with Gasteiger partial charge >= 0.3 is 12.1 Å². The number of methoxy groups -OCH3 is 1. The minimum absolute atomic E-state index is 0.0746. The third-order valence-corrected chi connectivity index (χ3v) is 3.07. The molecule has 0 saturated heterocycles. The zero-order valence-electron chi connectivity index (χ0n) is 12.5. The van der Waals surface area contributed by atoms with Crippen LogP contribution in [-0.4, -0.2) is 25.0 Å². The van der Waals surface area contributed by atoms with E-state index in [0.29, 0.717) is 0 Å². The van der Waals surface area contributed by atoms with Gasteiger partial charge in [-0.25, -0.2) is 4.79 Å². The van der Waals surface area contributed by atoms with Crippen LogP contribution in [-0.2, 0) is 26.9 Å². The predicted molar refractivity (Wildman–Crippen MR) is 73.9 cm³/mol. The van der Waals surface area contributed by atoms with Crippen LogP contribution < -0.4 is 5.32 Å². The number of rotatable bonds is 5. The number of hydrogen-bond acceptors (Lipinski definition) is 3. The Morgan fingerprint density at radius 2 is 1.82 bits per heavy atom. The monoisotopic (exact) mass is 317 g/mol. The number of benzene rings is 1. The lowest BCUT2D eigenvalue weighted by molar-refractivity contribution is -0.146. The Bertz CT molecular complexity index is 541. The Morgan fingerprint density at radius 1 is 1.23 bits per heavy atom. The van der Waals surface area contributed by atoms with Crippen LogP contribution in [0.3, 0.4) is 0 Å². The minimum atomic E-state index is -4.53. The standard InChI is InChI=1S/C15H18F3NO3/c1-9(2)13(20)19-12(14(21)22-3)8-10-6-4-5-7-11(10)15(16,17)18/h4-7,9,12H,8H2,1-3H3,(H,19,20)/t12-/m1/s1. The topological polar surface area (TPSA) is 55.4 Å². The van der Waals surface area contributed by atoms with Gasteiger partial charge in [0.25, 0.3) is 0 Å². The first-order valence-electron chi connectivity index (χ1n) is 6.70.